The number of benzene rings is 2. The molecule has 0 radical (unpaired) electrons. The van der Waals surface area contributed by atoms with Crippen LogP contribution in [0, 0.1) is 6.92 Å². The van der Waals surface area contributed by atoms with E-state index in [9.17, 15) is 14.4 Å². The predicted molar refractivity (Wildman–Crippen MR) is 123 cm³/mol. The molecule has 1 fully saturated rings. The van der Waals surface area contributed by atoms with Crippen LogP contribution in [0.25, 0.3) is 11.6 Å². The Hall–Kier alpha value is -3.67. The van der Waals surface area contributed by atoms with E-state index in [4.69, 9.17) is 0 Å². The van der Waals surface area contributed by atoms with Gasteiger partial charge in [0.15, 0.2) is 0 Å². The Morgan fingerprint density at radius 1 is 0.968 bits per heavy atom. The highest BCUT2D eigenvalue weighted by atomic mass is 16.2. The third kappa shape index (κ3) is 3.44. The van der Waals surface area contributed by atoms with E-state index in [1.807, 2.05) is 44.3 Å². The highest BCUT2D eigenvalue weighted by Gasteiger charge is 2.37. The minimum atomic E-state index is -0.741. The summed E-state index contributed by atoms with van der Waals surface area (Å²) in [5, 5.41) is 2.28. The second kappa shape index (κ2) is 7.23. The summed E-state index contributed by atoms with van der Waals surface area (Å²) in [6.07, 6.45) is 3.74. The zero-order valence-corrected chi connectivity index (χ0v) is 18.3. The number of allylic oxidation sites excluding steroid dienone is 1. The Morgan fingerprint density at radius 2 is 1.68 bits per heavy atom. The molecule has 0 spiro atoms. The molecular weight excluding hydrogens is 390 g/mol. The Bertz CT molecular complexity index is 1190. The smallest absolute Gasteiger partial charge is 0.335 e. The second-order valence-electron chi connectivity index (χ2n) is 8.56. The van der Waals surface area contributed by atoms with Crippen LogP contribution in [0.5, 0.6) is 0 Å². The van der Waals surface area contributed by atoms with Crippen molar-refractivity contribution >= 4 is 40.9 Å². The van der Waals surface area contributed by atoms with Gasteiger partial charge in [-0.15, -0.1) is 0 Å². The lowest BCUT2D eigenvalue weighted by atomic mass is 9.88. The predicted octanol–water partition coefficient (Wildman–Crippen LogP) is 4.29. The van der Waals surface area contributed by atoms with Gasteiger partial charge in [-0.3, -0.25) is 14.9 Å². The molecule has 0 atom stereocenters. The molecule has 4 rings (SSSR count). The first-order chi connectivity index (χ1) is 14.6. The zero-order chi connectivity index (χ0) is 22.5. The van der Waals surface area contributed by atoms with E-state index >= 15 is 0 Å². The van der Waals surface area contributed by atoms with Crippen LogP contribution in [0.1, 0.15) is 37.5 Å². The van der Waals surface area contributed by atoms with Gasteiger partial charge >= 0.3 is 6.03 Å². The summed E-state index contributed by atoms with van der Waals surface area (Å²) in [4.78, 5) is 41.3. The molecule has 0 saturated carbocycles. The Labute approximate surface area is 181 Å². The van der Waals surface area contributed by atoms with Gasteiger partial charge in [-0.1, -0.05) is 30.3 Å². The maximum absolute atomic E-state index is 13.2. The molecule has 2 aliphatic heterocycles. The largest absolute Gasteiger partial charge is 0.366 e. The molecule has 6 heteroatoms. The van der Waals surface area contributed by atoms with Crippen molar-refractivity contribution in [3.8, 4) is 0 Å². The number of nitrogens with zero attached hydrogens (tertiary/aromatic N) is 2. The molecular formula is C25H25N3O3. The third-order valence-electron chi connectivity index (χ3n) is 6.01. The second-order valence-corrected chi connectivity index (χ2v) is 8.56. The van der Waals surface area contributed by atoms with E-state index in [1.165, 1.54) is 0 Å². The van der Waals surface area contributed by atoms with E-state index < -0.39 is 17.8 Å². The Kier molecular flexibility index (Phi) is 4.81. The summed E-state index contributed by atoms with van der Waals surface area (Å²) in [5.41, 5.74) is 5.02. The number of hydrogen-bond donors (Lipinski definition) is 1. The first-order valence-corrected chi connectivity index (χ1v) is 10.1. The van der Waals surface area contributed by atoms with Crippen molar-refractivity contribution in [3.63, 3.8) is 0 Å². The molecule has 1 saturated heterocycles. The van der Waals surface area contributed by atoms with Gasteiger partial charge < -0.3 is 4.90 Å². The van der Waals surface area contributed by atoms with E-state index in [0.29, 0.717) is 5.69 Å². The number of para-hydroxylation sites is 1. The third-order valence-corrected chi connectivity index (χ3v) is 6.01. The molecule has 0 aromatic heterocycles. The normalized spacial score (nSPS) is 19.3. The topological polar surface area (TPSA) is 69.7 Å². The van der Waals surface area contributed by atoms with Crippen molar-refractivity contribution in [1.29, 1.82) is 0 Å². The fourth-order valence-electron chi connectivity index (χ4n) is 4.12. The lowest BCUT2D eigenvalue weighted by Gasteiger charge is -2.40. The van der Waals surface area contributed by atoms with Crippen LogP contribution in [0.4, 0.5) is 16.2 Å². The molecule has 1 N–H and O–H groups in total. The molecule has 0 unspecified atom stereocenters. The van der Waals surface area contributed by atoms with Gasteiger partial charge in [-0.25, -0.2) is 9.69 Å². The molecule has 6 nitrogen and oxygen atoms in total. The number of urea groups is 1. The molecule has 2 aliphatic rings. The van der Waals surface area contributed by atoms with Crippen molar-refractivity contribution in [2.75, 3.05) is 16.8 Å². The standard InChI is InChI=1S/C25H25N3O3/c1-15-8-6-7-9-20(15)28-23(30)19(22(29)26-24(28)31)13-17-10-11-21-18(12-17)16(2)14-25(3,4)27(21)5/h6-14H,1-5H3,(H,26,29,31)/b19-13+. The van der Waals surface area contributed by atoms with Crippen molar-refractivity contribution in [2.45, 2.75) is 33.2 Å². The number of carbonyl (C=O) groups is 3. The molecule has 2 aromatic carbocycles. The maximum atomic E-state index is 13.2. The van der Waals surface area contributed by atoms with Crippen LogP contribution in [-0.2, 0) is 9.59 Å². The van der Waals surface area contributed by atoms with E-state index in [2.05, 4.69) is 37.1 Å². The summed E-state index contributed by atoms with van der Waals surface area (Å²) in [6.45, 7) is 8.17. The van der Waals surface area contributed by atoms with Gasteiger partial charge in [0.05, 0.1) is 11.2 Å². The minimum absolute atomic E-state index is 0.0751. The maximum Gasteiger partial charge on any atom is 0.335 e. The van der Waals surface area contributed by atoms with Gasteiger partial charge in [0.1, 0.15) is 5.57 Å². The number of fused-ring (bicyclic) bond motifs is 1. The molecule has 158 valence electrons. The van der Waals surface area contributed by atoms with Crippen molar-refractivity contribution < 1.29 is 14.4 Å². The number of amides is 4. The summed E-state index contributed by atoms with van der Waals surface area (Å²) >= 11 is 0. The van der Waals surface area contributed by atoms with Gasteiger partial charge in [0.2, 0.25) is 0 Å². The molecule has 2 aromatic rings. The first kappa shape index (κ1) is 20.6. The van der Waals surface area contributed by atoms with E-state index in [0.717, 1.165) is 32.9 Å². The van der Waals surface area contributed by atoms with Crippen LogP contribution >= 0.6 is 0 Å². The van der Waals surface area contributed by atoms with Crippen LogP contribution in [0.3, 0.4) is 0 Å². The number of anilines is 2. The monoisotopic (exact) mass is 415 g/mol. The molecule has 2 heterocycles. The fraction of sp³-hybridized carbons (Fsp3) is 0.240. The average molecular weight is 415 g/mol. The van der Waals surface area contributed by atoms with Gasteiger partial charge in [0.25, 0.3) is 11.8 Å². The molecule has 0 aliphatic carbocycles. The Morgan fingerprint density at radius 3 is 2.39 bits per heavy atom. The SMILES string of the molecule is CC1=CC(C)(C)N(C)c2ccc(/C=C3\C(=O)NC(=O)N(c4ccccc4C)C3=O)cc21. The lowest BCUT2D eigenvalue weighted by molar-refractivity contribution is -0.122. The highest BCUT2D eigenvalue weighted by Crippen LogP contribution is 2.38. The minimum Gasteiger partial charge on any atom is -0.366 e. The molecule has 31 heavy (non-hydrogen) atoms. The quantitative estimate of drug-likeness (QED) is 0.587. The Balaban J connectivity index is 1.76. The average Bonchev–Trinajstić information content (AvgIpc) is 2.70. The number of barbiturate groups is 1. The number of nitrogens with one attached hydrogen (secondary N) is 1. The van der Waals surface area contributed by atoms with Crippen LogP contribution in [-0.4, -0.2) is 30.4 Å². The zero-order valence-electron chi connectivity index (χ0n) is 18.3. The van der Waals surface area contributed by atoms with Crippen LogP contribution < -0.4 is 15.1 Å². The van der Waals surface area contributed by atoms with Crippen molar-refractivity contribution in [1.82, 2.24) is 5.32 Å². The number of aryl methyl sites for hydroxylation is 1. The fourth-order valence-corrected chi connectivity index (χ4v) is 4.12. The van der Waals surface area contributed by atoms with Crippen molar-refractivity contribution in [2.24, 2.45) is 0 Å². The number of likely N-dealkylation sites (N-methyl/N-ethyl adjacent to an activating group) is 1. The van der Waals surface area contributed by atoms with E-state index in [1.54, 1.807) is 18.2 Å². The molecule has 4 amide bonds. The summed E-state index contributed by atoms with van der Waals surface area (Å²) in [7, 11) is 2.05. The molecule has 0 bridgehead atoms. The van der Waals surface area contributed by atoms with Crippen LogP contribution in [0.2, 0.25) is 0 Å². The number of imide groups is 2. The summed E-state index contributed by atoms with van der Waals surface area (Å²) in [5.74, 6) is -1.32. The number of rotatable bonds is 2. The van der Waals surface area contributed by atoms with Gasteiger partial charge in [-0.05, 0) is 68.7 Å². The number of carbonyl (C=O) groups excluding carboxylic acids is 3. The van der Waals surface area contributed by atoms with E-state index in [-0.39, 0.29) is 11.1 Å². The first-order valence-electron chi connectivity index (χ1n) is 10.1. The summed E-state index contributed by atoms with van der Waals surface area (Å²) in [6, 6.07) is 12.2. The summed E-state index contributed by atoms with van der Waals surface area (Å²) < 4.78 is 0. The van der Waals surface area contributed by atoms with Gasteiger partial charge in [0, 0.05) is 18.3 Å². The van der Waals surface area contributed by atoms with Crippen molar-refractivity contribution in [3.05, 3.63) is 70.8 Å². The lowest BCUT2D eigenvalue weighted by Crippen LogP contribution is -2.54. The van der Waals surface area contributed by atoms with Crippen LogP contribution in [0.15, 0.2) is 54.1 Å². The number of hydrogen-bond acceptors (Lipinski definition) is 4. The highest BCUT2D eigenvalue weighted by molar-refractivity contribution is 6.39. The van der Waals surface area contributed by atoms with Gasteiger partial charge in [-0.2, -0.15) is 0 Å².